The van der Waals surface area contributed by atoms with E-state index < -0.39 is 23.4 Å². The van der Waals surface area contributed by atoms with Crippen molar-refractivity contribution in [2.45, 2.75) is 32.7 Å². The smallest absolute Gasteiger partial charge is 0.338 e. The van der Waals surface area contributed by atoms with Crippen LogP contribution >= 0.6 is 0 Å². The largest absolute Gasteiger partial charge is 0.478 e. The highest BCUT2D eigenvalue weighted by atomic mass is 19.1. The Labute approximate surface area is 110 Å². The van der Waals surface area contributed by atoms with Crippen molar-refractivity contribution in [1.82, 2.24) is 5.32 Å². The van der Waals surface area contributed by atoms with Crippen LogP contribution in [0, 0.1) is 5.82 Å². The van der Waals surface area contributed by atoms with E-state index in [-0.39, 0.29) is 11.2 Å². The van der Waals surface area contributed by atoms with Crippen molar-refractivity contribution in [3.8, 4) is 0 Å². The summed E-state index contributed by atoms with van der Waals surface area (Å²) in [6, 6.07) is 2.96. The summed E-state index contributed by atoms with van der Waals surface area (Å²) in [6.45, 7) is 5.66. The molecule has 0 saturated heterocycles. The molecule has 3 N–H and O–H groups in total. The number of aromatic carboxylic acids is 1. The topological polar surface area (TPSA) is 78.4 Å². The van der Waals surface area contributed by atoms with Crippen molar-refractivity contribution < 1.29 is 19.1 Å². The summed E-state index contributed by atoms with van der Waals surface area (Å²) in [5, 5.41) is 13.9. The summed E-state index contributed by atoms with van der Waals surface area (Å²) in [5.41, 5.74) is -0.601. The van der Waals surface area contributed by atoms with Gasteiger partial charge in [-0.15, -0.1) is 0 Å². The molecule has 0 bridgehead atoms. The Hall–Kier alpha value is -2.11. The fourth-order valence-corrected chi connectivity index (χ4v) is 1.32. The second-order valence-electron chi connectivity index (χ2n) is 4.82. The summed E-state index contributed by atoms with van der Waals surface area (Å²) in [5.74, 6) is -2.24. The molecule has 0 heterocycles. The summed E-state index contributed by atoms with van der Waals surface area (Å²) in [6.07, 6.45) is 0.743. The molecule has 1 aromatic rings. The number of amides is 2. The van der Waals surface area contributed by atoms with E-state index in [2.05, 4.69) is 10.6 Å². The minimum absolute atomic E-state index is 0.201. The van der Waals surface area contributed by atoms with Crippen LogP contribution < -0.4 is 10.6 Å². The summed E-state index contributed by atoms with van der Waals surface area (Å²) in [4.78, 5) is 22.3. The van der Waals surface area contributed by atoms with Crippen LogP contribution in [0.1, 0.15) is 37.6 Å². The summed E-state index contributed by atoms with van der Waals surface area (Å²) >= 11 is 0. The van der Waals surface area contributed by atoms with E-state index in [1.807, 2.05) is 20.8 Å². The van der Waals surface area contributed by atoms with Crippen molar-refractivity contribution in [3.05, 3.63) is 29.6 Å². The van der Waals surface area contributed by atoms with Crippen LogP contribution in [0.4, 0.5) is 14.9 Å². The van der Waals surface area contributed by atoms with Crippen LogP contribution in [-0.2, 0) is 0 Å². The maximum Gasteiger partial charge on any atom is 0.338 e. The van der Waals surface area contributed by atoms with Crippen LogP contribution in [0.15, 0.2) is 18.2 Å². The lowest BCUT2D eigenvalue weighted by atomic mass is 10.0. The van der Waals surface area contributed by atoms with Gasteiger partial charge in [-0.25, -0.2) is 14.0 Å². The molecule has 19 heavy (non-hydrogen) atoms. The van der Waals surface area contributed by atoms with Gasteiger partial charge in [-0.1, -0.05) is 6.92 Å². The number of hydrogen-bond donors (Lipinski definition) is 3. The molecule has 0 aliphatic rings. The van der Waals surface area contributed by atoms with Crippen LogP contribution in [0.5, 0.6) is 0 Å². The van der Waals surface area contributed by atoms with Gasteiger partial charge in [0.15, 0.2) is 0 Å². The number of carboxylic acid groups (broad SMARTS) is 1. The number of halogens is 1. The Morgan fingerprint density at radius 1 is 1.37 bits per heavy atom. The van der Waals surface area contributed by atoms with Crippen LogP contribution in [0.2, 0.25) is 0 Å². The first-order valence-electron chi connectivity index (χ1n) is 5.87. The molecule has 0 saturated carbocycles. The van der Waals surface area contributed by atoms with Gasteiger partial charge in [-0.05, 0) is 38.5 Å². The molecule has 0 aromatic heterocycles. The Kier molecular flexibility index (Phi) is 4.47. The number of anilines is 1. The Bertz CT molecular complexity index is 501. The SMILES string of the molecule is CCC(C)(C)NC(=O)Nc1ccc(C(=O)O)c(F)c1. The monoisotopic (exact) mass is 268 g/mol. The number of rotatable bonds is 4. The third-order valence-electron chi connectivity index (χ3n) is 2.79. The van der Waals surface area contributed by atoms with Gasteiger partial charge in [-0.2, -0.15) is 0 Å². The Morgan fingerprint density at radius 2 is 2.00 bits per heavy atom. The molecule has 1 aromatic carbocycles. The average molecular weight is 268 g/mol. The van der Waals surface area contributed by atoms with E-state index in [0.29, 0.717) is 0 Å². The third kappa shape index (κ3) is 4.24. The number of carboxylic acids is 1. The van der Waals surface area contributed by atoms with Gasteiger partial charge in [-0.3, -0.25) is 0 Å². The van der Waals surface area contributed by atoms with E-state index >= 15 is 0 Å². The molecule has 2 amide bonds. The highest BCUT2D eigenvalue weighted by molar-refractivity contribution is 5.92. The molecular formula is C13H17FN2O3. The third-order valence-corrected chi connectivity index (χ3v) is 2.79. The second kappa shape index (κ2) is 5.69. The van der Waals surface area contributed by atoms with Gasteiger partial charge in [0.1, 0.15) is 5.82 Å². The fraction of sp³-hybridized carbons (Fsp3) is 0.385. The van der Waals surface area contributed by atoms with Crippen LogP contribution in [-0.4, -0.2) is 22.6 Å². The van der Waals surface area contributed by atoms with Crippen molar-refractivity contribution in [1.29, 1.82) is 0 Å². The second-order valence-corrected chi connectivity index (χ2v) is 4.82. The molecule has 0 unspecified atom stereocenters. The molecule has 5 nitrogen and oxygen atoms in total. The highest BCUT2D eigenvalue weighted by Crippen LogP contribution is 2.15. The van der Waals surface area contributed by atoms with Gasteiger partial charge in [0, 0.05) is 11.2 Å². The lowest BCUT2D eigenvalue weighted by Crippen LogP contribution is -2.45. The van der Waals surface area contributed by atoms with Gasteiger partial charge in [0.05, 0.1) is 5.56 Å². The van der Waals surface area contributed by atoms with Gasteiger partial charge < -0.3 is 15.7 Å². The number of urea groups is 1. The average Bonchev–Trinajstić information content (AvgIpc) is 2.27. The fourth-order valence-electron chi connectivity index (χ4n) is 1.32. The molecule has 0 aliphatic heterocycles. The zero-order valence-corrected chi connectivity index (χ0v) is 11.1. The molecule has 0 spiro atoms. The van der Waals surface area contributed by atoms with Gasteiger partial charge >= 0.3 is 12.0 Å². The molecule has 0 aliphatic carbocycles. The Balaban J connectivity index is 2.76. The van der Waals surface area contributed by atoms with E-state index in [1.165, 1.54) is 6.07 Å². The van der Waals surface area contributed by atoms with Gasteiger partial charge in [0.25, 0.3) is 0 Å². The minimum atomic E-state index is -1.35. The number of carbonyl (C=O) groups excluding carboxylic acids is 1. The first-order valence-corrected chi connectivity index (χ1v) is 5.87. The molecule has 0 fully saturated rings. The number of carbonyl (C=O) groups is 2. The molecule has 6 heteroatoms. The highest BCUT2D eigenvalue weighted by Gasteiger charge is 2.18. The van der Waals surface area contributed by atoms with Crippen molar-refractivity contribution >= 4 is 17.7 Å². The predicted octanol–water partition coefficient (Wildman–Crippen LogP) is 2.83. The minimum Gasteiger partial charge on any atom is -0.478 e. The van der Waals surface area contributed by atoms with E-state index in [4.69, 9.17) is 5.11 Å². The first kappa shape index (κ1) is 14.9. The van der Waals surface area contributed by atoms with Gasteiger partial charge in [0.2, 0.25) is 0 Å². The standard InChI is InChI=1S/C13H17FN2O3/c1-4-13(2,3)16-12(19)15-8-5-6-9(11(17)18)10(14)7-8/h5-7H,4H2,1-3H3,(H,17,18)(H2,15,16,19). The predicted molar refractivity (Wildman–Crippen MR) is 69.9 cm³/mol. The Morgan fingerprint density at radius 3 is 2.47 bits per heavy atom. The van der Waals surface area contributed by atoms with Crippen LogP contribution in [0.3, 0.4) is 0 Å². The maximum atomic E-state index is 13.4. The molecule has 0 radical (unpaired) electrons. The van der Waals surface area contributed by atoms with E-state index in [1.54, 1.807) is 0 Å². The number of hydrogen-bond acceptors (Lipinski definition) is 2. The summed E-state index contributed by atoms with van der Waals surface area (Å²) < 4.78 is 13.4. The van der Waals surface area contributed by atoms with Crippen molar-refractivity contribution in [2.75, 3.05) is 5.32 Å². The summed E-state index contributed by atoms with van der Waals surface area (Å²) in [7, 11) is 0. The lowest BCUT2D eigenvalue weighted by Gasteiger charge is -2.24. The zero-order valence-electron chi connectivity index (χ0n) is 11.1. The number of benzene rings is 1. The zero-order chi connectivity index (χ0) is 14.6. The van der Waals surface area contributed by atoms with Crippen molar-refractivity contribution in [3.63, 3.8) is 0 Å². The first-order chi connectivity index (χ1) is 8.75. The molecule has 1 rings (SSSR count). The van der Waals surface area contributed by atoms with Crippen LogP contribution in [0.25, 0.3) is 0 Å². The normalized spacial score (nSPS) is 10.9. The maximum absolute atomic E-state index is 13.4. The number of nitrogens with one attached hydrogen (secondary N) is 2. The van der Waals surface area contributed by atoms with E-state index in [9.17, 15) is 14.0 Å². The lowest BCUT2D eigenvalue weighted by molar-refractivity contribution is 0.0692. The molecule has 0 atom stereocenters. The van der Waals surface area contributed by atoms with Crippen molar-refractivity contribution in [2.24, 2.45) is 0 Å². The van der Waals surface area contributed by atoms with E-state index in [0.717, 1.165) is 18.6 Å². The quantitative estimate of drug-likeness (QED) is 0.785. The molecular weight excluding hydrogens is 251 g/mol. The molecule has 104 valence electrons.